The summed E-state index contributed by atoms with van der Waals surface area (Å²) < 4.78 is 7.16. The number of likely N-dealkylation sites (N-methyl/N-ethyl adjacent to an activating group) is 1. The summed E-state index contributed by atoms with van der Waals surface area (Å²) in [7, 11) is 1.72. The second kappa shape index (κ2) is 11.9. The summed E-state index contributed by atoms with van der Waals surface area (Å²) in [5, 5.41) is 10.4. The minimum absolute atomic E-state index is 0.0715. The highest BCUT2D eigenvalue weighted by molar-refractivity contribution is 6.29. The highest BCUT2D eigenvalue weighted by atomic mass is 35.5. The molecule has 9 nitrogen and oxygen atoms in total. The minimum atomic E-state index is -0.166. The quantitative estimate of drug-likeness (QED) is 0.417. The van der Waals surface area contributed by atoms with Crippen molar-refractivity contribution in [3.8, 4) is 5.75 Å². The van der Waals surface area contributed by atoms with Crippen LogP contribution in [-0.4, -0.2) is 58.2 Å². The van der Waals surface area contributed by atoms with Gasteiger partial charge in [-0.05, 0) is 31.2 Å². The van der Waals surface area contributed by atoms with Gasteiger partial charge >= 0.3 is 0 Å². The van der Waals surface area contributed by atoms with Crippen LogP contribution in [0.2, 0.25) is 5.15 Å². The molecule has 10 heteroatoms. The van der Waals surface area contributed by atoms with E-state index in [0.717, 1.165) is 17.0 Å². The van der Waals surface area contributed by atoms with E-state index in [9.17, 15) is 9.59 Å². The van der Waals surface area contributed by atoms with Crippen molar-refractivity contribution >= 4 is 34.8 Å². The Labute approximate surface area is 197 Å². The van der Waals surface area contributed by atoms with E-state index in [2.05, 4.69) is 20.7 Å². The Hall–Kier alpha value is -3.59. The number of hydrogen-bond acceptors (Lipinski definition) is 6. The zero-order valence-corrected chi connectivity index (χ0v) is 19.4. The van der Waals surface area contributed by atoms with E-state index in [1.807, 2.05) is 31.2 Å². The van der Waals surface area contributed by atoms with E-state index < -0.39 is 0 Å². The lowest BCUT2D eigenvalue weighted by Gasteiger charge is -2.17. The second-order valence-corrected chi connectivity index (χ2v) is 7.89. The van der Waals surface area contributed by atoms with Crippen LogP contribution in [0.25, 0.3) is 0 Å². The molecule has 2 aromatic heterocycles. The number of ether oxygens (including phenoxy) is 1. The molecule has 0 aliphatic rings. The van der Waals surface area contributed by atoms with Crippen LogP contribution >= 0.6 is 11.6 Å². The van der Waals surface area contributed by atoms with Crippen molar-refractivity contribution in [1.82, 2.24) is 19.7 Å². The monoisotopic (exact) mass is 470 g/mol. The fourth-order valence-corrected chi connectivity index (χ4v) is 2.97. The first-order valence-corrected chi connectivity index (χ1v) is 10.9. The number of halogens is 1. The highest BCUT2D eigenvalue weighted by Gasteiger charge is 2.11. The number of carbonyl (C=O) groups is 2. The average Bonchev–Trinajstić information content (AvgIpc) is 3.22. The molecule has 0 unspecified atom stereocenters. The number of anilines is 2. The zero-order chi connectivity index (χ0) is 23.6. The molecule has 0 fully saturated rings. The van der Waals surface area contributed by atoms with Crippen LogP contribution in [0.3, 0.4) is 0 Å². The molecule has 0 atom stereocenters. The largest absolute Gasteiger partial charge is 0.492 e. The van der Waals surface area contributed by atoms with Crippen LogP contribution in [0.15, 0.2) is 55.0 Å². The molecule has 0 bridgehead atoms. The zero-order valence-electron chi connectivity index (χ0n) is 18.6. The van der Waals surface area contributed by atoms with Gasteiger partial charge in [-0.15, -0.1) is 0 Å². The van der Waals surface area contributed by atoms with Gasteiger partial charge in [0.05, 0.1) is 30.3 Å². The number of benzene rings is 1. The number of pyridine rings is 1. The molecule has 3 rings (SSSR count). The third-order valence-electron chi connectivity index (χ3n) is 4.76. The molecule has 0 radical (unpaired) electrons. The first kappa shape index (κ1) is 24.1. The average molecular weight is 471 g/mol. The molecule has 2 N–H and O–H groups in total. The van der Waals surface area contributed by atoms with E-state index >= 15 is 0 Å². The van der Waals surface area contributed by atoms with Gasteiger partial charge in [-0.3, -0.25) is 14.3 Å². The van der Waals surface area contributed by atoms with Gasteiger partial charge in [0.25, 0.3) is 0 Å². The third kappa shape index (κ3) is 8.12. The smallest absolute Gasteiger partial charge is 0.244 e. The maximum atomic E-state index is 12.4. The van der Waals surface area contributed by atoms with E-state index in [1.165, 1.54) is 10.9 Å². The van der Waals surface area contributed by atoms with Crippen LogP contribution in [0, 0.1) is 6.92 Å². The number of carbonyl (C=O) groups excluding carboxylic acids is 2. The fraction of sp³-hybridized carbons (Fsp3) is 0.304. The van der Waals surface area contributed by atoms with Crippen molar-refractivity contribution in [3.05, 3.63) is 65.7 Å². The van der Waals surface area contributed by atoms with Crippen LogP contribution in [0.4, 0.5) is 11.4 Å². The van der Waals surface area contributed by atoms with Crippen LogP contribution in [0.1, 0.15) is 12.0 Å². The van der Waals surface area contributed by atoms with Gasteiger partial charge in [-0.1, -0.05) is 29.3 Å². The molecule has 0 aliphatic carbocycles. The molecule has 0 spiro atoms. The Morgan fingerprint density at radius 2 is 1.91 bits per heavy atom. The van der Waals surface area contributed by atoms with Crippen LogP contribution in [0.5, 0.6) is 5.75 Å². The standard InChI is InChI=1S/C23H27ClN6O3/c1-17-3-6-20(7-4-17)33-12-11-29(2)23(32)16-30-15-19(14-27-30)28-22(31)9-10-25-18-5-8-21(24)26-13-18/h3-8,13-15,25H,9-12,16H2,1-2H3,(H,28,31). The maximum absolute atomic E-state index is 12.4. The van der Waals surface area contributed by atoms with Crippen molar-refractivity contribution in [2.24, 2.45) is 0 Å². The molecule has 0 saturated carbocycles. The molecule has 174 valence electrons. The van der Waals surface area contributed by atoms with E-state index in [-0.39, 0.29) is 24.8 Å². The van der Waals surface area contributed by atoms with Gasteiger partial charge in [-0.2, -0.15) is 5.10 Å². The molecule has 2 amide bonds. The van der Waals surface area contributed by atoms with Crippen molar-refractivity contribution in [2.75, 3.05) is 37.4 Å². The number of rotatable bonds is 11. The van der Waals surface area contributed by atoms with Gasteiger partial charge in [0.15, 0.2) is 0 Å². The molecule has 33 heavy (non-hydrogen) atoms. The molecule has 0 aliphatic heterocycles. The number of amides is 2. The minimum Gasteiger partial charge on any atom is -0.492 e. The summed E-state index contributed by atoms with van der Waals surface area (Å²) in [6.45, 7) is 3.37. The van der Waals surface area contributed by atoms with Gasteiger partial charge in [0.2, 0.25) is 11.8 Å². The van der Waals surface area contributed by atoms with Crippen molar-refractivity contribution in [3.63, 3.8) is 0 Å². The first-order valence-electron chi connectivity index (χ1n) is 10.5. The number of aromatic nitrogens is 3. The van der Waals surface area contributed by atoms with E-state index in [1.54, 1.807) is 36.5 Å². The molecule has 3 aromatic rings. The second-order valence-electron chi connectivity index (χ2n) is 7.50. The van der Waals surface area contributed by atoms with E-state index in [4.69, 9.17) is 16.3 Å². The highest BCUT2D eigenvalue weighted by Crippen LogP contribution is 2.12. The Bertz CT molecular complexity index is 1050. The first-order chi connectivity index (χ1) is 15.9. The summed E-state index contributed by atoms with van der Waals surface area (Å²) in [6.07, 6.45) is 5.01. The molecule has 0 saturated heterocycles. The lowest BCUT2D eigenvalue weighted by atomic mass is 10.2. The van der Waals surface area contributed by atoms with Crippen molar-refractivity contribution in [2.45, 2.75) is 19.9 Å². The Morgan fingerprint density at radius 3 is 2.64 bits per heavy atom. The summed E-state index contributed by atoms with van der Waals surface area (Å²) in [4.78, 5) is 30.1. The third-order valence-corrected chi connectivity index (χ3v) is 4.99. The lowest BCUT2D eigenvalue weighted by Crippen LogP contribution is -2.33. The molecular weight excluding hydrogens is 444 g/mol. The summed E-state index contributed by atoms with van der Waals surface area (Å²) in [6, 6.07) is 11.2. The Balaban J connectivity index is 1.36. The summed E-state index contributed by atoms with van der Waals surface area (Å²) in [5.41, 5.74) is 2.48. The van der Waals surface area contributed by atoms with Crippen LogP contribution in [-0.2, 0) is 16.1 Å². The normalized spacial score (nSPS) is 10.5. The maximum Gasteiger partial charge on any atom is 0.244 e. The fourth-order valence-electron chi connectivity index (χ4n) is 2.86. The predicted molar refractivity (Wildman–Crippen MR) is 128 cm³/mol. The Morgan fingerprint density at radius 1 is 1.12 bits per heavy atom. The number of nitrogens with zero attached hydrogens (tertiary/aromatic N) is 4. The Kier molecular flexibility index (Phi) is 8.65. The predicted octanol–water partition coefficient (Wildman–Crippen LogP) is 3.22. The number of aryl methyl sites for hydroxylation is 1. The molecular formula is C23H27ClN6O3. The summed E-state index contributed by atoms with van der Waals surface area (Å²) in [5.74, 6) is 0.499. The number of hydrogen-bond donors (Lipinski definition) is 2. The van der Waals surface area contributed by atoms with Gasteiger partial charge in [0, 0.05) is 26.2 Å². The molecule has 1 aromatic carbocycles. The molecule has 2 heterocycles. The van der Waals surface area contributed by atoms with Gasteiger partial charge in [0.1, 0.15) is 24.1 Å². The van der Waals surface area contributed by atoms with Crippen molar-refractivity contribution in [1.29, 1.82) is 0 Å². The van der Waals surface area contributed by atoms with Gasteiger partial charge in [-0.25, -0.2) is 4.98 Å². The lowest BCUT2D eigenvalue weighted by molar-refractivity contribution is -0.131. The summed E-state index contributed by atoms with van der Waals surface area (Å²) >= 11 is 5.75. The van der Waals surface area contributed by atoms with Crippen molar-refractivity contribution < 1.29 is 14.3 Å². The number of nitrogens with one attached hydrogen (secondary N) is 2. The van der Waals surface area contributed by atoms with Gasteiger partial charge < -0.3 is 20.3 Å². The van der Waals surface area contributed by atoms with E-state index in [0.29, 0.717) is 30.5 Å². The topological polar surface area (TPSA) is 101 Å². The van der Waals surface area contributed by atoms with Crippen LogP contribution < -0.4 is 15.4 Å². The SMILES string of the molecule is Cc1ccc(OCCN(C)C(=O)Cn2cc(NC(=O)CCNc3ccc(Cl)nc3)cn2)cc1.